The van der Waals surface area contributed by atoms with Crippen LogP contribution in [0.4, 0.5) is 8.78 Å². The highest BCUT2D eigenvalue weighted by Crippen LogP contribution is 2.34. The number of fused-ring (bicyclic) bond motifs is 1. The van der Waals surface area contributed by atoms with E-state index >= 15 is 0 Å². The van der Waals surface area contributed by atoms with Gasteiger partial charge in [0, 0.05) is 38.2 Å². The number of hydrogen-bond donors (Lipinski definition) is 0. The summed E-state index contributed by atoms with van der Waals surface area (Å²) in [4.78, 5) is 18.4. The number of amides is 1. The third kappa shape index (κ3) is 3.03. The lowest BCUT2D eigenvalue weighted by molar-refractivity contribution is -0.118. The molecule has 3 rings (SSSR count). The molecule has 23 heavy (non-hydrogen) atoms. The molecule has 1 saturated heterocycles. The number of carbonyl (C=O) groups is 1. The number of likely N-dealkylation sites (tertiary alicyclic amines) is 1. The van der Waals surface area contributed by atoms with Crippen LogP contribution in [0.1, 0.15) is 16.9 Å². The summed E-state index contributed by atoms with van der Waals surface area (Å²) in [6.07, 6.45) is 1.22. The van der Waals surface area contributed by atoms with Crippen molar-refractivity contribution in [3.63, 3.8) is 0 Å². The Balaban J connectivity index is 1.88. The van der Waals surface area contributed by atoms with Gasteiger partial charge in [0.25, 0.3) is 11.8 Å². The van der Waals surface area contributed by atoms with E-state index in [4.69, 9.17) is 4.74 Å². The molecule has 1 aliphatic heterocycles. The molecule has 122 valence electrons. The Labute approximate surface area is 133 Å². The fourth-order valence-electron chi connectivity index (χ4n) is 2.98. The Bertz CT molecular complexity index is 715. The van der Waals surface area contributed by atoms with Crippen LogP contribution in [0.5, 0.6) is 0 Å². The molecule has 0 N–H and O–H groups in total. The number of benzene rings is 1. The van der Waals surface area contributed by atoms with Crippen LogP contribution in [0.15, 0.2) is 36.5 Å². The van der Waals surface area contributed by atoms with E-state index in [-0.39, 0.29) is 32.0 Å². The summed E-state index contributed by atoms with van der Waals surface area (Å²) in [6.45, 7) is -0.0682. The van der Waals surface area contributed by atoms with Crippen molar-refractivity contribution in [2.24, 2.45) is 5.92 Å². The number of piperidine rings is 1. The Hall–Kier alpha value is -2.08. The second kappa shape index (κ2) is 6.20. The van der Waals surface area contributed by atoms with Crippen molar-refractivity contribution in [3.05, 3.63) is 42.2 Å². The molecule has 0 aliphatic carbocycles. The third-order valence-electron chi connectivity index (χ3n) is 4.28. The summed E-state index contributed by atoms with van der Waals surface area (Å²) in [5, 5.41) is 1.64. The number of hydrogen-bond acceptors (Lipinski definition) is 3. The number of ether oxygens (including phenoxy) is 1. The van der Waals surface area contributed by atoms with Gasteiger partial charge in [-0.2, -0.15) is 0 Å². The smallest absolute Gasteiger partial charge is 0.273 e. The van der Waals surface area contributed by atoms with Gasteiger partial charge in [0.2, 0.25) is 0 Å². The van der Waals surface area contributed by atoms with Crippen molar-refractivity contribution < 1.29 is 18.3 Å². The monoisotopic (exact) mass is 320 g/mol. The number of halogens is 2. The van der Waals surface area contributed by atoms with E-state index in [1.807, 2.05) is 30.3 Å². The van der Waals surface area contributed by atoms with Gasteiger partial charge in [-0.25, -0.2) is 8.78 Å². The minimum Gasteiger partial charge on any atom is -0.384 e. The molecule has 1 aliphatic rings. The number of methoxy groups -OCH3 is 1. The zero-order valence-electron chi connectivity index (χ0n) is 12.8. The van der Waals surface area contributed by atoms with Crippen LogP contribution < -0.4 is 0 Å². The minimum atomic E-state index is -2.81. The van der Waals surface area contributed by atoms with Crippen LogP contribution in [0.2, 0.25) is 0 Å². The molecule has 0 spiro atoms. The molecule has 6 heteroatoms. The molecule has 1 aromatic heterocycles. The Morgan fingerprint density at radius 2 is 2.17 bits per heavy atom. The Morgan fingerprint density at radius 1 is 1.39 bits per heavy atom. The van der Waals surface area contributed by atoms with E-state index in [1.54, 1.807) is 6.20 Å². The molecule has 2 aromatic rings. The summed E-state index contributed by atoms with van der Waals surface area (Å²) in [5.74, 6) is -4.10. The second-order valence-electron chi connectivity index (χ2n) is 5.80. The Kier molecular flexibility index (Phi) is 4.26. The maximum atomic E-state index is 13.9. The van der Waals surface area contributed by atoms with Crippen molar-refractivity contribution in [3.8, 4) is 0 Å². The fraction of sp³-hybridized carbons (Fsp3) is 0.412. The molecule has 1 fully saturated rings. The molecule has 0 bridgehead atoms. The van der Waals surface area contributed by atoms with E-state index in [0.29, 0.717) is 5.69 Å². The third-order valence-corrected chi connectivity index (χ3v) is 4.28. The summed E-state index contributed by atoms with van der Waals surface area (Å²) < 4.78 is 32.7. The minimum absolute atomic E-state index is 0.0232. The van der Waals surface area contributed by atoms with E-state index in [2.05, 4.69) is 4.98 Å². The lowest BCUT2D eigenvalue weighted by atomic mass is 9.94. The molecule has 1 atom stereocenters. The van der Waals surface area contributed by atoms with Gasteiger partial charge in [0.1, 0.15) is 5.69 Å². The molecule has 0 saturated carbocycles. The average molecular weight is 320 g/mol. The number of carbonyl (C=O) groups excluding carboxylic acids is 1. The van der Waals surface area contributed by atoms with Crippen LogP contribution in [0.3, 0.4) is 0 Å². The highest BCUT2D eigenvalue weighted by atomic mass is 19.3. The van der Waals surface area contributed by atoms with Crippen LogP contribution in [-0.2, 0) is 4.74 Å². The highest BCUT2D eigenvalue weighted by molar-refractivity contribution is 6.05. The van der Waals surface area contributed by atoms with Gasteiger partial charge in [-0.05, 0) is 11.5 Å². The number of aromatic nitrogens is 1. The standard InChI is InChI=1S/C17H18F2N2O2/c1-23-11-13-10-21(9-7-17(13,18)19)16(22)15-14-5-3-2-4-12(14)6-8-20-15/h2-6,8,13H,7,9-11H2,1H3. The normalized spacial score (nSPS) is 20.7. The number of pyridine rings is 1. The van der Waals surface area contributed by atoms with Gasteiger partial charge < -0.3 is 9.64 Å². The predicted octanol–water partition coefficient (Wildman–Crippen LogP) is 2.98. The van der Waals surface area contributed by atoms with Crippen LogP contribution >= 0.6 is 0 Å². The maximum Gasteiger partial charge on any atom is 0.273 e. The van der Waals surface area contributed by atoms with Gasteiger partial charge in [-0.1, -0.05) is 24.3 Å². The van der Waals surface area contributed by atoms with Crippen molar-refractivity contribution in [1.82, 2.24) is 9.88 Å². The lowest BCUT2D eigenvalue weighted by Gasteiger charge is -2.38. The van der Waals surface area contributed by atoms with Crippen LogP contribution in [-0.4, -0.2) is 48.5 Å². The van der Waals surface area contributed by atoms with Crippen molar-refractivity contribution >= 4 is 16.7 Å². The fourth-order valence-corrected chi connectivity index (χ4v) is 2.98. The highest BCUT2D eigenvalue weighted by Gasteiger charge is 2.45. The summed E-state index contributed by atoms with van der Waals surface area (Å²) in [7, 11) is 1.39. The first kappa shape index (κ1) is 15.8. The number of nitrogens with zero attached hydrogens (tertiary/aromatic N) is 2. The lowest BCUT2D eigenvalue weighted by Crippen LogP contribution is -2.51. The molecule has 1 amide bonds. The molecular weight excluding hydrogens is 302 g/mol. The van der Waals surface area contributed by atoms with Gasteiger partial charge >= 0.3 is 0 Å². The summed E-state index contributed by atoms with van der Waals surface area (Å²) in [5.41, 5.74) is 0.310. The SMILES string of the molecule is COCC1CN(C(=O)c2nccc3ccccc23)CCC1(F)F. The topological polar surface area (TPSA) is 42.4 Å². The van der Waals surface area contributed by atoms with E-state index in [0.717, 1.165) is 10.8 Å². The van der Waals surface area contributed by atoms with Crippen molar-refractivity contribution in [2.45, 2.75) is 12.3 Å². The largest absolute Gasteiger partial charge is 0.384 e. The van der Waals surface area contributed by atoms with Gasteiger partial charge in [-0.3, -0.25) is 9.78 Å². The molecule has 1 unspecified atom stereocenters. The van der Waals surface area contributed by atoms with E-state index < -0.39 is 11.8 Å². The molecule has 2 heterocycles. The molecule has 1 aromatic carbocycles. The molecule has 0 radical (unpaired) electrons. The average Bonchev–Trinajstić information content (AvgIpc) is 2.56. The van der Waals surface area contributed by atoms with E-state index in [9.17, 15) is 13.6 Å². The van der Waals surface area contributed by atoms with Crippen molar-refractivity contribution in [2.75, 3.05) is 26.8 Å². The van der Waals surface area contributed by atoms with Crippen molar-refractivity contribution in [1.29, 1.82) is 0 Å². The first-order valence-electron chi connectivity index (χ1n) is 7.52. The van der Waals surface area contributed by atoms with Crippen LogP contribution in [0, 0.1) is 5.92 Å². The van der Waals surface area contributed by atoms with Gasteiger partial charge in [-0.15, -0.1) is 0 Å². The van der Waals surface area contributed by atoms with E-state index in [1.165, 1.54) is 12.0 Å². The summed E-state index contributed by atoms with van der Waals surface area (Å²) >= 11 is 0. The first-order chi connectivity index (χ1) is 11.0. The van der Waals surface area contributed by atoms with Gasteiger partial charge in [0.05, 0.1) is 12.5 Å². The first-order valence-corrected chi connectivity index (χ1v) is 7.52. The van der Waals surface area contributed by atoms with Crippen LogP contribution in [0.25, 0.3) is 10.8 Å². The zero-order valence-corrected chi connectivity index (χ0v) is 12.8. The van der Waals surface area contributed by atoms with Gasteiger partial charge in [0.15, 0.2) is 0 Å². The second-order valence-corrected chi connectivity index (χ2v) is 5.80. The number of rotatable bonds is 3. The number of alkyl halides is 2. The maximum absolute atomic E-state index is 13.9. The Morgan fingerprint density at radius 3 is 2.96 bits per heavy atom. The predicted molar refractivity (Wildman–Crippen MR) is 82.6 cm³/mol. The molecular formula is C17H18F2N2O2. The molecule has 4 nitrogen and oxygen atoms in total. The quantitative estimate of drug-likeness (QED) is 0.873. The summed E-state index contributed by atoms with van der Waals surface area (Å²) in [6, 6.07) is 9.25. The zero-order chi connectivity index (χ0) is 16.4.